The Kier molecular flexibility index (Phi) is 5.18. The smallest absolute Gasteiger partial charge is 0.254 e. The van der Waals surface area contributed by atoms with E-state index >= 15 is 0 Å². The van der Waals surface area contributed by atoms with Crippen molar-refractivity contribution in [3.05, 3.63) is 89.5 Å². The number of amides is 1. The van der Waals surface area contributed by atoms with E-state index in [9.17, 15) is 18.7 Å². The van der Waals surface area contributed by atoms with E-state index in [1.54, 1.807) is 29.2 Å². The highest BCUT2D eigenvalue weighted by molar-refractivity contribution is 5.95. The van der Waals surface area contributed by atoms with Crippen molar-refractivity contribution in [3.8, 4) is 11.1 Å². The maximum atomic E-state index is 14.5. The number of fused-ring (bicyclic) bond motifs is 3. The van der Waals surface area contributed by atoms with Crippen molar-refractivity contribution in [2.75, 3.05) is 25.1 Å². The number of aliphatic hydroxyl groups is 1. The van der Waals surface area contributed by atoms with Gasteiger partial charge in [-0.2, -0.15) is 0 Å². The van der Waals surface area contributed by atoms with Gasteiger partial charge in [-0.1, -0.05) is 30.3 Å². The summed E-state index contributed by atoms with van der Waals surface area (Å²) in [5.41, 5.74) is 3.37. The molecule has 3 atom stereocenters. The average Bonchev–Trinajstić information content (AvgIpc) is 3.24. The van der Waals surface area contributed by atoms with Crippen LogP contribution in [0.4, 0.5) is 14.5 Å². The van der Waals surface area contributed by atoms with E-state index in [-0.39, 0.29) is 36.3 Å². The number of nitrogens with zero attached hydrogens (tertiary/aromatic N) is 2. The van der Waals surface area contributed by atoms with Gasteiger partial charge in [-0.15, -0.1) is 0 Å². The molecule has 1 N–H and O–H groups in total. The van der Waals surface area contributed by atoms with Crippen LogP contribution in [0.1, 0.15) is 28.4 Å². The number of aliphatic hydroxyl groups excluding tert-OH is 1. The molecular weight excluding hydrogens is 410 g/mol. The van der Waals surface area contributed by atoms with Crippen LogP contribution in [0, 0.1) is 17.6 Å². The number of anilines is 1. The summed E-state index contributed by atoms with van der Waals surface area (Å²) in [4.78, 5) is 17.2. The summed E-state index contributed by atoms with van der Waals surface area (Å²) < 4.78 is 28.3. The van der Waals surface area contributed by atoms with Crippen LogP contribution < -0.4 is 4.90 Å². The molecule has 4 nitrogen and oxygen atoms in total. The van der Waals surface area contributed by atoms with Crippen LogP contribution >= 0.6 is 0 Å². The molecule has 0 spiro atoms. The summed E-state index contributed by atoms with van der Waals surface area (Å²) in [5.74, 6) is -0.975. The fourth-order valence-corrected chi connectivity index (χ4v) is 5.33. The van der Waals surface area contributed by atoms with Crippen molar-refractivity contribution in [1.82, 2.24) is 4.90 Å². The Morgan fingerprint density at radius 1 is 1.06 bits per heavy atom. The van der Waals surface area contributed by atoms with Gasteiger partial charge >= 0.3 is 0 Å². The molecule has 1 saturated heterocycles. The summed E-state index contributed by atoms with van der Waals surface area (Å²) in [6.45, 7) is 0.479. The van der Waals surface area contributed by atoms with Crippen molar-refractivity contribution >= 4 is 11.6 Å². The number of hydrogen-bond donors (Lipinski definition) is 1. The Morgan fingerprint density at radius 3 is 2.62 bits per heavy atom. The van der Waals surface area contributed by atoms with Crippen molar-refractivity contribution in [2.45, 2.75) is 18.5 Å². The fourth-order valence-electron chi connectivity index (χ4n) is 5.33. The van der Waals surface area contributed by atoms with Gasteiger partial charge < -0.3 is 14.9 Å². The zero-order chi connectivity index (χ0) is 22.4. The van der Waals surface area contributed by atoms with Crippen LogP contribution in [-0.4, -0.2) is 42.2 Å². The Labute approximate surface area is 185 Å². The SMILES string of the molecule is CN1c2ccc(-c3ccccc3F)cc2[C@H]2[C@H](CCN2C(=O)c2cccc(F)c2)[C@H]1CO. The molecule has 2 aliphatic heterocycles. The minimum atomic E-state index is -0.453. The lowest BCUT2D eigenvalue weighted by Gasteiger charge is -2.44. The maximum absolute atomic E-state index is 14.5. The second kappa shape index (κ2) is 8.02. The number of rotatable bonds is 3. The molecule has 32 heavy (non-hydrogen) atoms. The zero-order valence-electron chi connectivity index (χ0n) is 17.7. The summed E-state index contributed by atoms with van der Waals surface area (Å²) >= 11 is 0. The summed E-state index contributed by atoms with van der Waals surface area (Å²) in [6, 6.07) is 17.7. The van der Waals surface area contributed by atoms with Crippen molar-refractivity contribution in [3.63, 3.8) is 0 Å². The second-order valence-corrected chi connectivity index (χ2v) is 8.52. The number of hydrogen-bond acceptors (Lipinski definition) is 3. The molecular formula is C26H24F2N2O2. The van der Waals surface area contributed by atoms with Gasteiger partial charge in [0.25, 0.3) is 5.91 Å². The molecule has 0 radical (unpaired) electrons. The van der Waals surface area contributed by atoms with Crippen LogP contribution in [0.2, 0.25) is 0 Å². The number of carbonyl (C=O) groups excluding carboxylic acids is 1. The molecule has 0 saturated carbocycles. The van der Waals surface area contributed by atoms with Gasteiger partial charge in [0.2, 0.25) is 0 Å². The van der Waals surface area contributed by atoms with Gasteiger partial charge in [-0.05, 0) is 53.9 Å². The van der Waals surface area contributed by atoms with Crippen LogP contribution in [0.3, 0.4) is 0 Å². The van der Waals surface area contributed by atoms with Gasteiger partial charge in [-0.25, -0.2) is 8.78 Å². The first-order valence-electron chi connectivity index (χ1n) is 10.8. The van der Waals surface area contributed by atoms with Gasteiger partial charge in [0, 0.05) is 36.3 Å². The average molecular weight is 434 g/mol. The highest BCUT2D eigenvalue weighted by Crippen LogP contribution is 2.49. The third-order valence-corrected chi connectivity index (χ3v) is 6.87. The van der Waals surface area contributed by atoms with Crippen LogP contribution in [0.5, 0.6) is 0 Å². The second-order valence-electron chi connectivity index (χ2n) is 8.52. The van der Waals surface area contributed by atoms with Crippen LogP contribution in [-0.2, 0) is 0 Å². The predicted molar refractivity (Wildman–Crippen MR) is 119 cm³/mol. The van der Waals surface area contributed by atoms with E-state index in [1.807, 2.05) is 25.2 Å². The standard InChI is InChI=1S/C26H24F2N2O2/c1-29-23-10-9-16(19-7-2-3-8-22(19)28)14-21(23)25-20(24(29)15-31)11-12-30(25)26(32)17-5-4-6-18(27)13-17/h2-10,13-14,20,24-25,31H,11-12,15H2,1H3/t20-,24-,25-/m1/s1. The Balaban J connectivity index is 1.62. The maximum Gasteiger partial charge on any atom is 0.254 e. The first kappa shape index (κ1) is 20.6. The number of benzene rings is 3. The molecule has 164 valence electrons. The molecule has 3 aromatic rings. The first-order valence-corrected chi connectivity index (χ1v) is 10.8. The van der Waals surface area contributed by atoms with Gasteiger partial charge in [0.1, 0.15) is 11.6 Å². The lowest BCUT2D eigenvalue weighted by Crippen LogP contribution is -2.48. The Morgan fingerprint density at radius 2 is 1.88 bits per heavy atom. The third kappa shape index (κ3) is 3.26. The summed E-state index contributed by atoms with van der Waals surface area (Å²) in [7, 11) is 1.94. The first-order chi connectivity index (χ1) is 15.5. The number of halogens is 2. The minimum Gasteiger partial charge on any atom is -0.394 e. The Bertz CT molecular complexity index is 1180. The van der Waals surface area contributed by atoms with Gasteiger partial charge in [0.05, 0.1) is 18.7 Å². The molecule has 5 rings (SSSR count). The van der Waals surface area contributed by atoms with E-state index in [2.05, 4.69) is 4.90 Å². The van der Waals surface area contributed by atoms with Crippen LogP contribution in [0.25, 0.3) is 11.1 Å². The Hall–Kier alpha value is -3.25. The highest BCUT2D eigenvalue weighted by Gasteiger charge is 2.47. The van der Waals surface area contributed by atoms with E-state index in [0.717, 1.165) is 23.2 Å². The molecule has 1 amide bonds. The molecule has 0 aromatic heterocycles. The lowest BCUT2D eigenvalue weighted by molar-refractivity contribution is 0.0693. The molecule has 2 aliphatic rings. The quantitative estimate of drug-likeness (QED) is 0.653. The third-order valence-electron chi connectivity index (χ3n) is 6.87. The van der Waals surface area contributed by atoms with Gasteiger partial charge in [-0.3, -0.25) is 4.79 Å². The summed E-state index contributed by atoms with van der Waals surface area (Å²) in [5, 5.41) is 10.1. The summed E-state index contributed by atoms with van der Waals surface area (Å²) in [6.07, 6.45) is 0.727. The number of likely N-dealkylation sites (tertiary alicyclic amines) is 1. The van der Waals surface area contributed by atoms with E-state index in [4.69, 9.17) is 0 Å². The van der Waals surface area contributed by atoms with Crippen molar-refractivity contribution in [2.24, 2.45) is 5.92 Å². The number of carbonyl (C=O) groups is 1. The van der Waals surface area contributed by atoms with E-state index in [0.29, 0.717) is 17.7 Å². The normalized spacial score (nSPS) is 21.9. The fraction of sp³-hybridized carbons (Fsp3) is 0.269. The molecule has 0 unspecified atom stereocenters. The van der Waals surface area contributed by atoms with Crippen molar-refractivity contribution < 1.29 is 18.7 Å². The lowest BCUT2D eigenvalue weighted by atomic mass is 9.81. The molecule has 2 heterocycles. The highest BCUT2D eigenvalue weighted by atomic mass is 19.1. The monoisotopic (exact) mass is 434 g/mol. The van der Waals surface area contributed by atoms with E-state index in [1.165, 1.54) is 24.3 Å². The molecule has 0 aliphatic carbocycles. The predicted octanol–water partition coefficient (Wildman–Crippen LogP) is 4.65. The topological polar surface area (TPSA) is 43.8 Å². The minimum absolute atomic E-state index is 0.0193. The molecule has 3 aromatic carbocycles. The van der Waals surface area contributed by atoms with Gasteiger partial charge in [0.15, 0.2) is 0 Å². The largest absolute Gasteiger partial charge is 0.394 e. The van der Waals surface area contributed by atoms with Crippen molar-refractivity contribution in [1.29, 1.82) is 0 Å². The molecule has 0 bridgehead atoms. The van der Waals surface area contributed by atoms with Crippen LogP contribution in [0.15, 0.2) is 66.7 Å². The molecule has 1 fully saturated rings. The molecule has 6 heteroatoms. The number of likely N-dealkylation sites (N-methyl/N-ethyl adjacent to an activating group) is 1. The zero-order valence-corrected chi connectivity index (χ0v) is 17.7. The van der Waals surface area contributed by atoms with E-state index < -0.39 is 5.82 Å².